The zero-order valence-electron chi connectivity index (χ0n) is 8.45. The number of rotatable bonds is 2. The summed E-state index contributed by atoms with van der Waals surface area (Å²) >= 11 is 0. The summed E-state index contributed by atoms with van der Waals surface area (Å²) in [5.41, 5.74) is -2.76. The van der Waals surface area contributed by atoms with Crippen molar-refractivity contribution in [3.05, 3.63) is 39.4 Å². The Balaban J connectivity index is 3.42. The van der Waals surface area contributed by atoms with Gasteiger partial charge in [0.15, 0.2) is 0 Å². The van der Waals surface area contributed by atoms with Crippen molar-refractivity contribution in [2.75, 3.05) is 7.11 Å². The van der Waals surface area contributed by atoms with Gasteiger partial charge >= 0.3 is 12.1 Å². The molecule has 0 aliphatic heterocycles. The van der Waals surface area contributed by atoms with Gasteiger partial charge in [-0.2, -0.15) is 13.2 Å². The third-order valence-electron chi connectivity index (χ3n) is 1.92. The number of hydrogen-bond donors (Lipinski definition) is 0. The third kappa shape index (κ3) is 2.71. The van der Waals surface area contributed by atoms with E-state index in [1.807, 2.05) is 0 Å². The number of non-ortho nitro benzene ring substituents is 1. The summed E-state index contributed by atoms with van der Waals surface area (Å²) in [7, 11) is 0.890. The Morgan fingerprint density at radius 1 is 1.41 bits per heavy atom. The molecular weight excluding hydrogens is 243 g/mol. The second-order valence-corrected chi connectivity index (χ2v) is 2.98. The molecule has 0 saturated heterocycles. The maximum atomic E-state index is 12.5. The number of methoxy groups -OCH3 is 1. The van der Waals surface area contributed by atoms with Crippen LogP contribution in [0.25, 0.3) is 0 Å². The molecule has 0 amide bonds. The first-order valence-electron chi connectivity index (χ1n) is 4.21. The van der Waals surface area contributed by atoms with Gasteiger partial charge in [0.05, 0.1) is 23.2 Å². The minimum atomic E-state index is -4.78. The number of esters is 1. The summed E-state index contributed by atoms with van der Waals surface area (Å²) in [4.78, 5) is 20.6. The van der Waals surface area contributed by atoms with E-state index in [1.165, 1.54) is 0 Å². The van der Waals surface area contributed by atoms with Crippen LogP contribution in [-0.2, 0) is 10.9 Å². The van der Waals surface area contributed by atoms with Crippen LogP contribution in [0.3, 0.4) is 0 Å². The van der Waals surface area contributed by atoms with Crippen LogP contribution in [0.15, 0.2) is 18.2 Å². The summed E-state index contributed by atoms with van der Waals surface area (Å²) in [5, 5.41) is 10.4. The third-order valence-corrected chi connectivity index (χ3v) is 1.92. The van der Waals surface area contributed by atoms with Gasteiger partial charge in [-0.3, -0.25) is 10.1 Å². The van der Waals surface area contributed by atoms with Crippen molar-refractivity contribution in [1.29, 1.82) is 0 Å². The van der Waals surface area contributed by atoms with E-state index in [9.17, 15) is 28.1 Å². The molecule has 0 N–H and O–H groups in total. The number of carbonyl (C=O) groups is 1. The molecule has 0 bridgehead atoms. The lowest BCUT2D eigenvalue weighted by Crippen LogP contribution is -2.14. The van der Waals surface area contributed by atoms with Gasteiger partial charge in [0, 0.05) is 12.1 Å². The van der Waals surface area contributed by atoms with Crippen LogP contribution in [0.5, 0.6) is 0 Å². The van der Waals surface area contributed by atoms with Crippen LogP contribution in [0.2, 0.25) is 0 Å². The van der Waals surface area contributed by atoms with Gasteiger partial charge in [0.1, 0.15) is 0 Å². The molecule has 0 spiro atoms. The lowest BCUT2D eigenvalue weighted by Gasteiger charge is -2.10. The summed E-state index contributed by atoms with van der Waals surface area (Å²) in [5.74, 6) is -1.28. The molecule has 17 heavy (non-hydrogen) atoms. The average Bonchev–Trinajstić information content (AvgIpc) is 2.25. The summed E-state index contributed by atoms with van der Waals surface area (Å²) < 4.78 is 41.6. The highest BCUT2D eigenvalue weighted by Gasteiger charge is 2.36. The highest BCUT2D eigenvalue weighted by molar-refractivity contribution is 5.92. The Morgan fingerprint density at radius 3 is 2.41 bits per heavy atom. The second-order valence-electron chi connectivity index (χ2n) is 2.98. The maximum Gasteiger partial charge on any atom is 0.417 e. The molecule has 0 aliphatic rings. The molecule has 0 unspecified atom stereocenters. The molecule has 5 nitrogen and oxygen atoms in total. The number of nitro benzene ring substituents is 1. The molecule has 92 valence electrons. The highest BCUT2D eigenvalue weighted by atomic mass is 19.4. The largest absolute Gasteiger partial charge is 0.465 e. The molecule has 0 atom stereocenters. The normalized spacial score (nSPS) is 11.1. The summed E-state index contributed by atoms with van der Waals surface area (Å²) in [6.07, 6.45) is -4.78. The first-order chi connectivity index (χ1) is 7.77. The van der Waals surface area contributed by atoms with Crippen molar-refractivity contribution in [3.8, 4) is 0 Å². The number of benzene rings is 1. The smallest absolute Gasteiger partial charge is 0.417 e. The number of hydrogen-bond acceptors (Lipinski definition) is 4. The van der Waals surface area contributed by atoms with Crippen molar-refractivity contribution in [2.24, 2.45) is 0 Å². The van der Waals surface area contributed by atoms with E-state index in [4.69, 9.17) is 0 Å². The van der Waals surface area contributed by atoms with Gasteiger partial charge in [-0.1, -0.05) is 0 Å². The van der Waals surface area contributed by atoms with Crippen LogP contribution in [0.4, 0.5) is 18.9 Å². The van der Waals surface area contributed by atoms with Crippen LogP contribution >= 0.6 is 0 Å². The van der Waals surface area contributed by atoms with Gasteiger partial charge in [-0.15, -0.1) is 0 Å². The number of carbonyl (C=O) groups excluding carboxylic acids is 1. The van der Waals surface area contributed by atoms with Gasteiger partial charge in [0.2, 0.25) is 0 Å². The van der Waals surface area contributed by atoms with Crippen molar-refractivity contribution >= 4 is 11.7 Å². The van der Waals surface area contributed by atoms with E-state index >= 15 is 0 Å². The lowest BCUT2D eigenvalue weighted by atomic mass is 10.1. The zero-order valence-corrected chi connectivity index (χ0v) is 8.45. The Morgan fingerprint density at radius 2 is 2.00 bits per heavy atom. The van der Waals surface area contributed by atoms with Crippen LogP contribution < -0.4 is 0 Å². The highest BCUT2D eigenvalue weighted by Crippen LogP contribution is 2.34. The molecule has 1 aromatic rings. The zero-order chi connectivity index (χ0) is 13.2. The van der Waals surface area contributed by atoms with E-state index < -0.39 is 33.9 Å². The fourth-order valence-corrected chi connectivity index (χ4v) is 1.17. The van der Waals surface area contributed by atoms with Crippen LogP contribution in [-0.4, -0.2) is 18.0 Å². The average molecular weight is 249 g/mol. The molecule has 1 rings (SSSR count). The van der Waals surface area contributed by atoms with Crippen molar-refractivity contribution in [1.82, 2.24) is 0 Å². The monoisotopic (exact) mass is 249 g/mol. The summed E-state index contributed by atoms with van der Waals surface area (Å²) in [6, 6.07) is 1.69. The standard InChI is InChI=1S/C9H6F3NO4/c1-17-8(14)6-4-5(13(15)16)2-3-7(6)9(10,11)12/h2-4H,1H3. The topological polar surface area (TPSA) is 69.4 Å². The Hall–Kier alpha value is -2.12. The molecule has 0 fully saturated rings. The van der Waals surface area contributed by atoms with E-state index in [1.54, 1.807) is 0 Å². The van der Waals surface area contributed by atoms with E-state index in [0.717, 1.165) is 7.11 Å². The van der Waals surface area contributed by atoms with Gasteiger partial charge < -0.3 is 4.74 Å². The maximum absolute atomic E-state index is 12.5. The molecule has 0 aliphatic carbocycles. The van der Waals surface area contributed by atoms with Crippen molar-refractivity contribution in [2.45, 2.75) is 6.18 Å². The minimum Gasteiger partial charge on any atom is -0.465 e. The molecule has 0 aromatic heterocycles. The van der Waals surface area contributed by atoms with E-state index in [2.05, 4.69) is 4.74 Å². The van der Waals surface area contributed by atoms with Gasteiger partial charge in [-0.05, 0) is 6.07 Å². The predicted octanol–water partition coefficient (Wildman–Crippen LogP) is 2.40. The molecule has 0 radical (unpaired) electrons. The Kier molecular flexibility index (Phi) is 3.35. The quantitative estimate of drug-likeness (QED) is 0.458. The number of alkyl halides is 3. The van der Waals surface area contributed by atoms with Gasteiger partial charge in [0.25, 0.3) is 5.69 Å². The fourth-order valence-electron chi connectivity index (χ4n) is 1.17. The van der Waals surface area contributed by atoms with Crippen molar-refractivity contribution in [3.63, 3.8) is 0 Å². The fraction of sp³-hybridized carbons (Fsp3) is 0.222. The molecular formula is C9H6F3NO4. The van der Waals surface area contributed by atoms with E-state index in [0.29, 0.717) is 18.2 Å². The number of nitro groups is 1. The number of ether oxygens (including phenoxy) is 1. The predicted molar refractivity (Wildman–Crippen MR) is 49.4 cm³/mol. The van der Waals surface area contributed by atoms with Crippen LogP contribution in [0.1, 0.15) is 15.9 Å². The van der Waals surface area contributed by atoms with E-state index in [-0.39, 0.29) is 0 Å². The molecule has 1 aromatic carbocycles. The Labute approximate surface area is 93.0 Å². The molecule has 0 saturated carbocycles. The number of halogens is 3. The Bertz CT molecular complexity index is 470. The minimum absolute atomic E-state index is 0.477. The summed E-state index contributed by atoms with van der Waals surface area (Å²) in [6.45, 7) is 0. The lowest BCUT2D eigenvalue weighted by molar-refractivity contribution is -0.384. The first-order valence-corrected chi connectivity index (χ1v) is 4.21. The SMILES string of the molecule is COC(=O)c1cc([N+](=O)[O-])ccc1C(F)(F)F. The molecule has 0 heterocycles. The second kappa shape index (κ2) is 4.40. The number of nitrogens with zero attached hydrogens (tertiary/aromatic N) is 1. The van der Waals surface area contributed by atoms with Crippen molar-refractivity contribution < 1.29 is 27.6 Å². The molecule has 8 heteroatoms. The first kappa shape index (κ1) is 12.9. The van der Waals surface area contributed by atoms with Gasteiger partial charge in [-0.25, -0.2) is 4.79 Å². The van der Waals surface area contributed by atoms with Crippen LogP contribution in [0, 0.1) is 10.1 Å².